The van der Waals surface area contributed by atoms with Gasteiger partial charge in [-0.1, -0.05) is 72.4 Å². The summed E-state index contributed by atoms with van der Waals surface area (Å²) >= 11 is 1.35. The van der Waals surface area contributed by atoms with Crippen molar-refractivity contribution in [1.82, 2.24) is 25.1 Å². The standard InChI is InChI=1S/C18H19N5OS/c1-22-18(19-20-21-22)25-14-17(24)23(12-15-8-4-2-5-9-15)13-16-10-6-3-7-11-16/h2-11H,12-14H2,1H3. The summed E-state index contributed by atoms with van der Waals surface area (Å²) in [6.45, 7) is 1.15. The molecular weight excluding hydrogens is 334 g/mol. The number of aromatic nitrogens is 4. The Kier molecular flexibility index (Phi) is 5.79. The molecule has 0 radical (unpaired) electrons. The van der Waals surface area contributed by atoms with Gasteiger partial charge in [-0.25, -0.2) is 4.68 Å². The van der Waals surface area contributed by atoms with Crippen LogP contribution in [0.4, 0.5) is 0 Å². The van der Waals surface area contributed by atoms with Gasteiger partial charge in [0.15, 0.2) is 0 Å². The molecule has 0 bridgehead atoms. The molecule has 1 heterocycles. The van der Waals surface area contributed by atoms with E-state index in [0.29, 0.717) is 24.0 Å². The Morgan fingerprint density at radius 3 is 2.04 bits per heavy atom. The van der Waals surface area contributed by atoms with Gasteiger partial charge in [-0.3, -0.25) is 4.79 Å². The summed E-state index contributed by atoms with van der Waals surface area (Å²) in [4.78, 5) is 14.6. The van der Waals surface area contributed by atoms with Crippen LogP contribution in [-0.2, 0) is 24.9 Å². The lowest BCUT2D eigenvalue weighted by Crippen LogP contribution is -2.31. The molecule has 0 aliphatic heterocycles. The van der Waals surface area contributed by atoms with Crippen LogP contribution in [0.2, 0.25) is 0 Å². The van der Waals surface area contributed by atoms with Gasteiger partial charge in [-0.05, 0) is 21.6 Å². The Morgan fingerprint density at radius 1 is 1.00 bits per heavy atom. The zero-order valence-corrected chi connectivity index (χ0v) is 14.8. The van der Waals surface area contributed by atoms with E-state index >= 15 is 0 Å². The first-order chi connectivity index (χ1) is 12.2. The van der Waals surface area contributed by atoms with Gasteiger partial charge >= 0.3 is 0 Å². The molecule has 0 fully saturated rings. The normalized spacial score (nSPS) is 10.6. The first-order valence-corrected chi connectivity index (χ1v) is 8.92. The summed E-state index contributed by atoms with van der Waals surface area (Å²) in [7, 11) is 1.76. The van der Waals surface area contributed by atoms with Crippen LogP contribution in [0, 0.1) is 0 Å². The molecule has 1 amide bonds. The Labute approximate surface area is 150 Å². The summed E-state index contributed by atoms with van der Waals surface area (Å²) in [6.07, 6.45) is 0. The molecule has 3 rings (SSSR count). The van der Waals surface area contributed by atoms with Crippen molar-refractivity contribution in [3.8, 4) is 0 Å². The van der Waals surface area contributed by atoms with Gasteiger partial charge in [0.2, 0.25) is 11.1 Å². The SMILES string of the molecule is Cn1nnnc1SCC(=O)N(Cc1ccccc1)Cc1ccccc1. The van der Waals surface area contributed by atoms with E-state index in [1.165, 1.54) is 11.8 Å². The number of aryl methyl sites for hydroxylation is 1. The lowest BCUT2D eigenvalue weighted by molar-refractivity contribution is -0.129. The first kappa shape index (κ1) is 17.2. The number of nitrogens with zero attached hydrogens (tertiary/aromatic N) is 5. The van der Waals surface area contributed by atoms with Crippen molar-refractivity contribution in [3.63, 3.8) is 0 Å². The third kappa shape index (κ3) is 4.90. The lowest BCUT2D eigenvalue weighted by Gasteiger charge is -2.23. The monoisotopic (exact) mass is 353 g/mol. The number of tetrazole rings is 1. The Bertz CT molecular complexity index is 765. The first-order valence-electron chi connectivity index (χ1n) is 7.93. The van der Waals surface area contributed by atoms with Crippen molar-refractivity contribution in [2.75, 3.05) is 5.75 Å². The van der Waals surface area contributed by atoms with Gasteiger partial charge in [0.1, 0.15) is 0 Å². The van der Waals surface area contributed by atoms with E-state index in [1.807, 2.05) is 65.6 Å². The van der Waals surface area contributed by atoms with Gasteiger partial charge < -0.3 is 4.90 Å². The fraction of sp³-hybridized carbons (Fsp3) is 0.222. The molecule has 0 unspecified atom stereocenters. The highest BCUT2D eigenvalue weighted by Crippen LogP contribution is 2.16. The van der Waals surface area contributed by atoms with Crippen LogP contribution >= 0.6 is 11.8 Å². The lowest BCUT2D eigenvalue weighted by atomic mass is 10.1. The molecule has 0 saturated heterocycles. The number of benzene rings is 2. The summed E-state index contributed by atoms with van der Waals surface area (Å²) in [5, 5.41) is 11.9. The van der Waals surface area contributed by atoms with Crippen LogP contribution in [0.5, 0.6) is 0 Å². The zero-order chi connectivity index (χ0) is 17.5. The minimum absolute atomic E-state index is 0.0562. The second kappa shape index (κ2) is 8.43. The van der Waals surface area contributed by atoms with Crippen LogP contribution in [0.1, 0.15) is 11.1 Å². The second-order valence-electron chi connectivity index (χ2n) is 5.59. The number of thioether (sulfide) groups is 1. The van der Waals surface area contributed by atoms with E-state index in [1.54, 1.807) is 11.7 Å². The smallest absolute Gasteiger partial charge is 0.233 e. The third-order valence-electron chi connectivity index (χ3n) is 3.69. The highest BCUT2D eigenvalue weighted by Gasteiger charge is 2.16. The minimum atomic E-state index is 0.0562. The van der Waals surface area contributed by atoms with Crippen molar-refractivity contribution < 1.29 is 4.79 Å². The maximum absolute atomic E-state index is 12.8. The average molecular weight is 353 g/mol. The summed E-state index contributed by atoms with van der Waals surface area (Å²) in [5.41, 5.74) is 2.22. The average Bonchev–Trinajstić information content (AvgIpc) is 3.06. The summed E-state index contributed by atoms with van der Waals surface area (Å²) < 4.78 is 1.57. The van der Waals surface area contributed by atoms with E-state index in [9.17, 15) is 4.79 Å². The predicted octanol–water partition coefficient (Wildman–Crippen LogP) is 2.53. The Balaban J connectivity index is 1.70. The number of carbonyl (C=O) groups excluding carboxylic acids is 1. The predicted molar refractivity (Wildman–Crippen MR) is 96.7 cm³/mol. The molecule has 0 N–H and O–H groups in total. The molecule has 128 valence electrons. The zero-order valence-electron chi connectivity index (χ0n) is 13.9. The van der Waals surface area contributed by atoms with E-state index in [4.69, 9.17) is 0 Å². The number of hydrogen-bond acceptors (Lipinski definition) is 5. The van der Waals surface area contributed by atoms with Gasteiger partial charge in [0.25, 0.3) is 0 Å². The van der Waals surface area contributed by atoms with Crippen molar-refractivity contribution in [1.29, 1.82) is 0 Å². The minimum Gasteiger partial charge on any atom is -0.333 e. The van der Waals surface area contributed by atoms with E-state index in [2.05, 4.69) is 15.5 Å². The van der Waals surface area contributed by atoms with E-state index < -0.39 is 0 Å². The Morgan fingerprint density at radius 2 is 1.56 bits per heavy atom. The van der Waals surface area contributed by atoms with Gasteiger partial charge in [-0.2, -0.15) is 0 Å². The van der Waals surface area contributed by atoms with E-state index in [0.717, 1.165) is 11.1 Å². The summed E-state index contributed by atoms with van der Waals surface area (Å²) in [5.74, 6) is 0.356. The largest absolute Gasteiger partial charge is 0.333 e. The fourth-order valence-electron chi connectivity index (χ4n) is 2.40. The molecule has 0 atom stereocenters. The number of rotatable bonds is 7. The maximum atomic E-state index is 12.8. The second-order valence-corrected chi connectivity index (χ2v) is 6.54. The van der Waals surface area contributed by atoms with Crippen LogP contribution in [-0.4, -0.2) is 36.8 Å². The van der Waals surface area contributed by atoms with Crippen molar-refractivity contribution in [2.24, 2.45) is 7.05 Å². The Hall–Kier alpha value is -2.67. The number of hydrogen-bond donors (Lipinski definition) is 0. The third-order valence-corrected chi connectivity index (χ3v) is 4.69. The van der Waals surface area contributed by atoms with Crippen LogP contribution in [0.15, 0.2) is 65.8 Å². The molecule has 3 aromatic rings. The molecule has 0 saturated carbocycles. The van der Waals surface area contributed by atoms with Crippen molar-refractivity contribution in [2.45, 2.75) is 18.2 Å². The van der Waals surface area contributed by atoms with E-state index in [-0.39, 0.29) is 5.91 Å². The van der Waals surface area contributed by atoms with Crippen molar-refractivity contribution in [3.05, 3.63) is 71.8 Å². The molecule has 0 aliphatic carbocycles. The molecule has 1 aromatic heterocycles. The van der Waals surface area contributed by atoms with Gasteiger partial charge in [0.05, 0.1) is 5.75 Å². The fourth-order valence-corrected chi connectivity index (χ4v) is 3.15. The molecular formula is C18H19N5OS. The highest BCUT2D eigenvalue weighted by molar-refractivity contribution is 7.99. The molecule has 6 nitrogen and oxygen atoms in total. The molecule has 0 aliphatic rings. The summed E-state index contributed by atoms with van der Waals surface area (Å²) in [6, 6.07) is 20.0. The van der Waals surface area contributed by atoms with Crippen LogP contribution in [0.3, 0.4) is 0 Å². The van der Waals surface area contributed by atoms with Crippen LogP contribution in [0.25, 0.3) is 0 Å². The quantitative estimate of drug-likeness (QED) is 0.611. The molecule has 2 aromatic carbocycles. The highest BCUT2D eigenvalue weighted by atomic mass is 32.2. The number of carbonyl (C=O) groups is 1. The topological polar surface area (TPSA) is 63.9 Å². The molecule has 0 spiro atoms. The van der Waals surface area contributed by atoms with Crippen LogP contribution < -0.4 is 0 Å². The van der Waals surface area contributed by atoms with Crippen molar-refractivity contribution >= 4 is 17.7 Å². The maximum Gasteiger partial charge on any atom is 0.233 e. The molecule has 25 heavy (non-hydrogen) atoms. The van der Waals surface area contributed by atoms with Gasteiger partial charge in [-0.15, -0.1) is 5.10 Å². The molecule has 7 heteroatoms. The number of amides is 1. The van der Waals surface area contributed by atoms with Gasteiger partial charge in [0, 0.05) is 20.1 Å².